The lowest BCUT2D eigenvalue weighted by molar-refractivity contribution is 0.411. The lowest BCUT2D eigenvalue weighted by Crippen LogP contribution is -1.95. The molecule has 15 aromatic rings. The van der Waals surface area contributed by atoms with Crippen molar-refractivity contribution >= 4 is 0 Å². The van der Waals surface area contributed by atoms with E-state index < -0.39 is 34.9 Å². The number of benzene rings is 15. The number of methoxy groups -OCH3 is 5. The van der Waals surface area contributed by atoms with Gasteiger partial charge < -0.3 is 23.7 Å². The molecule has 15 aromatic carbocycles. The minimum Gasteiger partial charge on any atom is -0.496 e. The Morgan fingerprint density at radius 2 is 0.394 bits per heavy atom. The molecule has 0 aliphatic carbocycles. The molecule has 0 unspecified atom stereocenters. The largest absolute Gasteiger partial charge is 0.496 e. The Hall–Kier alpha value is -17.5. The van der Waals surface area contributed by atoms with Crippen molar-refractivity contribution in [3.05, 3.63) is 497 Å². The van der Waals surface area contributed by atoms with Crippen molar-refractivity contribution in [2.45, 2.75) is 110 Å². The predicted molar refractivity (Wildman–Crippen MR) is 565 cm³/mol. The third kappa shape index (κ3) is 31.0. The molecule has 0 saturated carbocycles. The fourth-order valence-electron chi connectivity index (χ4n) is 13.8. The van der Waals surface area contributed by atoms with Crippen LogP contribution in [0.3, 0.4) is 0 Å². The zero-order valence-corrected chi connectivity index (χ0v) is 83.2. The summed E-state index contributed by atoms with van der Waals surface area (Å²) >= 11 is 0. The SMILES string of the molecule is CCc1cc(C#Cc2ccc(C)cc2)c(OC)cc1C#Cc1cc(F)c(C)c(F)c1.CCc1cc(C#Cc2ccc(C)cc2)c(OC)cc1C#Cc1ccc(C)cc1.COc1cc(C#Cc2cc(F)c(C)c(F)c2)c(C)cc1C#Cc1ccc(C)cc1.COc1cc(C#Cc2ccc(C#Cc3c(F)cc(C)cc3F)cc2)ccc1C.COc1cc(C#Cc2ccc(C)cc2)c(C)cc1C#Cc1ccc(C)cc1. The van der Waals surface area contributed by atoms with Crippen LogP contribution in [-0.2, 0) is 12.8 Å². The van der Waals surface area contributed by atoms with Gasteiger partial charge >= 0.3 is 0 Å². The molecule has 0 saturated heterocycles. The van der Waals surface area contributed by atoms with Crippen LogP contribution in [0.25, 0.3) is 0 Å². The van der Waals surface area contributed by atoms with Crippen molar-refractivity contribution in [2.24, 2.45) is 0 Å². The lowest BCUT2D eigenvalue weighted by atomic mass is 10.00. The first-order valence-electron chi connectivity index (χ1n) is 45.9. The maximum Gasteiger partial charge on any atom is 0.142 e. The summed E-state index contributed by atoms with van der Waals surface area (Å²) in [5.74, 6) is 61.6. The summed E-state index contributed by atoms with van der Waals surface area (Å²) in [4.78, 5) is 0. The van der Waals surface area contributed by atoms with Gasteiger partial charge in [-0.15, -0.1) is 0 Å². The molecule has 0 bridgehead atoms. The van der Waals surface area contributed by atoms with Gasteiger partial charge in [0.25, 0.3) is 0 Å². The van der Waals surface area contributed by atoms with Crippen LogP contribution >= 0.6 is 0 Å². The molecule has 5 nitrogen and oxygen atoms in total. The molecule has 11 heteroatoms. The molecule has 0 aromatic heterocycles. The summed E-state index contributed by atoms with van der Waals surface area (Å²) in [5, 5.41) is 0. The second kappa shape index (κ2) is 51.6. The van der Waals surface area contributed by atoms with E-state index in [2.05, 4.69) is 215 Å². The molecule has 15 rings (SSSR count). The summed E-state index contributed by atoms with van der Waals surface area (Å²) in [6, 6.07) is 85.0. The average Bonchev–Trinajstić information content (AvgIpc) is 0.824. The van der Waals surface area contributed by atoms with E-state index in [1.54, 1.807) is 60.7 Å². The van der Waals surface area contributed by atoms with Crippen LogP contribution in [0.1, 0.15) is 203 Å². The fraction of sp³-hybridized carbons (Fsp3) is 0.160. The second-order valence-electron chi connectivity index (χ2n) is 33.6. The summed E-state index contributed by atoms with van der Waals surface area (Å²) < 4.78 is 110. The zero-order chi connectivity index (χ0) is 102. The fourth-order valence-corrected chi connectivity index (χ4v) is 13.8. The molecule has 0 atom stereocenters. The number of hydrogen-bond acceptors (Lipinski definition) is 5. The highest BCUT2D eigenvalue weighted by molar-refractivity contribution is 5.64. The van der Waals surface area contributed by atoms with Crippen LogP contribution in [-0.4, -0.2) is 35.5 Å². The van der Waals surface area contributed by atoms with Gasteiger partial charge in [-0.3, -0.25) is 0 Å². The first-order valence-corrected chi connectivity index (χ1v) is 45.9. The summed E-state index contributed by atoms with van der Waals surface area (Å²) in [5.41, 5.74) is 28.2. The van der Waals surface area contributed by atoms with Gasteiger partial charge in [0.2, 0.25) is 0 Å². The molecule has 0 spiro atoms. The van der Waals surface area contributed by atoms with E-state index in [0.29, 0.717) is 33.8 Å². The van der Waals surface area contributed by atoms with Crippen molar-refractivity contribution in [3.63, 3.8) is 0 Å². The van der Waals surface area contributed by atoms with Crippen molar-refractivity contribution in [2.75, 3.05) is 35.5 Å². The van der Waals surface area contributed by atoms with Gasteiger partial charge in [0, 0.05) is 94.6 Å². The maximum atomic E-state index is 13.8. The minimum atomic E-state index is -0.652. The van der Waals surface area contributed by atoms with E-state index in [9.17, 15) is 26.3 Å². The first kappa shape index (κ1) is 105. The lowest BCUT2D eigenvalue weighted by Gasteiger charge is -2.08. The molecule has 0 aliphatic heterocycles. The van der Waals surface area contributed by atoms with Gasteiger partial charge in [0.15, 0.2) is 0 Å². The highest BCUT2D eigenvalue weighted by atomic mass is 19.2. The summed E-state index contributed by atoms with van der Waals surface area (Å²) in [6.07, 6.45) is 1.63. The molecule has 0 radical (unpaired) electrons. The summed E-state index contributed by atoms with van der Waals surface area (Å²) in [7, 11) is 8.13. The van der Waals surface area contributed by atoms with Crippen molar-refractivity contribution in [3.8, 4) is 147 Å². The second-order valence-corrected chi connectivity index (χ2v) is 33.6. The van der Waals surface area contributed by atoms with E-state index in [0.717, 1.165) is 136 Å². The van der Waals surface area contributed by atoms with Crippen LogP contribution < -0.4 is 23.7 Å². The smallest absolute Gasteiger partial charge is 0.142 e. The van der Waals surface area contributed by atoms with E-state index in [1.807, 2.05) is 198 Å². The van der Waals surface area contributed by atoms with Gasteiger partial charge in [-0.2, -0.15) is 0 Å². The standard InChI is InChI=1S/C27H22F2O.C27H24O.C26H20F2O.C26H22O.C25H18F2O/c1-5-22-16-24(13-10-20-8-6-18(2)7-9-20)27(30-4)17-23(22)12-11-21-14-25(28)19(3)26(29)15-21;1-5-24-18-26(17-15-23-12-8-21(3)9-13-23)27(28-4)19-25(24)16-14-22-10-6-20(2)7-11-22;1-17-5-7-20(8-6-17)9-12-23-13-18(2)22(16-26(23)29-4)11-10-21-14-24(27)19(3)25(28)15-21;1-19-5-9-22(10-6-19)13-15-24-18-26(27-4)25(17-21(24)3)16-14-23-11-7-20(2)8-12-23;1-17-14-23(26)22(24(27)15-17)13-12-20-8-6-19(7-9-20)10-11-21-5-4-18(2)25(16-21)28-3/h6-9,14-17H,5H2,1-4H3;6-13,18-19H,5H2,1-4H3;5-8,13-16H,1-4H3;5-12,17-18H,1-4H3;4-9,14-16H,1-3H3. The van der Waals surface area contributed by atoms with Crippen LogP contribution in [0.4, 0.5) is 26.3 Å². The molecule has 0 fully saturated rings. The molecule has 0 N–H and O–H groups in total. The first-order chi connectivity index (χ1) is 68.4. The topological polar surface area (TPSA) is 46.2 Å². The van der Waals surface area contributed by atoms with Crippen LogP contribution in [0.15, 0.2) is 273 Å². The number of ether oxygens (including phenoxy) is 5. The maximum absolute atomic E-state index is 13.8. The Balaban J connectivity index is 0.000000170. The third-order valence-electron chi connectivity index (χ3n) is 22.5. The number of rotatable bonds is 7. The van der Waals surface area contributed by atoms with E-state index in [1.165, 1.54) is 89.2 Å². The van der Waals surface area contributed by atoms with Gasteiger partial charge in [-0.1, -0.05) is 244 Å². The van der Waals surface area contributed by atoms with E-state index in [4.69, 9.17) is 23.7 Å². The van der Waals surface area contributed by atoms with Crippen LogP contribution in [0.5, 0.6) is 28.7 Å². The van der Waals surface area contributed by atoms with Crippen molar-refractivity contribution in [1.82, 2.24) is 0 Å². The quantitative estimate of drug-likeness (QED) is 0.118. The Bertz CT molecular complexity index is 7680. The van der Waals surface area contributed by atoms with E-state index in [-0.39, 0.29) is 22.3 Å². The van der Waals surface area contributed by atoms with Crippen LogP contribution in [0, 0.1) is 236 Å². The Labute approximate surface area is 834 Å². The van der Waals surface area contributed by atoms with Crippen LogP contribution in [0.2, 0.25) is 0 Å². The predicted octanol–water partition coefficient (Wildman–Crippen LogP) is 28.1. The highest BCUT2D eigenvalue weighted by Gasteiger charge is 2.15. The van der Waals surface area contributed by atoms with Gasteiger partial charge in [0.1, 0.15) is 63.7 Å². The van der Waals surface area contributed by atoms with E-state index >= 15 is 0 Å². The molecular formula is C131H106F6O5. The zero-order valence-electron chi connectivity index (χ0n) is 83.2. The Morgan fingerprint density at radius 1 is 0.176 bits per heavy atom. The molecular weight excluding hydrogens is 1770 g/mol. The third-order valence-corrected chi connectivity index (χ3v) is 22.5. The monoisotopic (exact) mass is 1870 g/mol. The number of halogens is 6. The van der Waals surface area contributed by atoms with Gasteiger partial charge in [-0.25, -0.2) is 26.3 Å². The molecule has 702 valence electrons. The molecule has 142 heavy (non-hydrogen) atoms. The number of aryl methyl sites for hydroxylation is 12. The average molecular weight is 1870 g/mol. The molecule has 0 aliphatic rings. The molecule has 0 amide bonds. The number of hydrogen-bond donors (Lipinski definition) is 0. The van der Waals surface area contributed by atoms with Crippen molar-refractivity contribution < 1.29 is 50.0 Å². The molecule has 0 heterocycles. The van der Waals surface area contributed by atoms with Crippen molar-refractivity contribution in [1.29, 1.82) is 0 Å². The summed E-state index contributed by atoms with van der Waals surface area (Å²) in [6.45, 7) is 26.9. The van der Waals surface area contributed by atoms with Gasteiger partial charge in [-0.05, 0) is 323 Å². The Morgan fingerprint density at radius 3 is 0.669 bits per heavy atom. The highest BCUT2D eigenvalue weighted by Crippen LogP contribution is 2.30. The minimum absolute atomic E-state index is 0.00651. The Kier molecular flexibility index (Phi) is 38.1. The normalized spacial score (nSPS) is 9.78. The van der Waals surface area contributed by atoms with Gasteiger partial charge in [0.05, 0.1) is 63.4 Å².